The van der Waals surface area contributed by atoms with Gasteiger partial charge in [-0.2, -0.15) is 5.10 Å². The summed E-state index contributed by atoms with van der Waals surface area (Å²) in [6.45, 7) is 8.32. The first-order chi connectivity index (χ1) is 21.7. The number of aromatic nitrogens is 3. The Morgan fingerprint density at radius 1 is 0.911 bits per heavy atom. The summed E-state index contributed by atoms with van der Waals surface area (Å²) in [7, 11) is 4.08. The van der Waals surface area contributed by atoms with Crippen LogP contribution in [0.2, 0.25) is 0 Å². The number of nitrogen functional groups attached to an aromatic ring is 1. The number of hydrogen-bond donors (Lipinski definition) is 2. The van der Waals surface area contributed by atoms with E-state index in [1.165, 1.54) is 16.7 Å². The maximum Gasteiger partial charge on any atom is 0.255 e. The van der Waals surface area contributed by atoms with Gasteiger partial charge in [-0.3, -0.25) is 19.3 Å². The first-order valence-corrected chi connectivity index (χ1v) is 16.0. The van der Waals surface area contributed by atoms with Crippen LogP contribution in [0.4, 0.5) is 5.82 Å². The van der Waals surface area contributed by atoms with Crippen LogP contribution in [0.25, 0.3) is 22.3 Å². The van der Waals surface area contributed by atoms with Gasteiger partial charge in [0.05, 0.1) is 30.5 Å². The predicted molar refractivity (Wildman–Crippen MR) is 178 cm³/mol. The predicted octanol–water partition coefficient (Wildman–Crippen LogP) is 5.12. The smallest absolute Gasteiger partial charge is 0.255 e. The minimum Gasteiger partial charge on any atom is -0.383 e. The molecular formula is C36H45N7O2. The van der Waals surface area contributed by atoms with E-state index in [9.17, 15) is 4.79 Å². The third kappa shape index (κ3) is 7.27. The topological polar surface area (TPSA) is 102 Å². The van der Waals surface area contributed by atoms with Crippen molar-refractivity contribution < 1.29 is 9.53 Å². The summed E-state index contributed by atoms with van der Waals surface area (Å²) in [6.07, 6.45) is 8.02. The normalized spacial score (nSPS) is 22.5. The van der Waals surface area contributed by atoms with Gasteiger partial charge in [-0.1, -0.05) is 48.5 Å². The summed E-state index contributed by atoms with van der Waals surface area (Å²) >= 11 is 0. The molecule has 1 saturated heterocycles. The number of aryl methyl sites for hydroxylation is 1. The summed E-state index contributed by atoms with van der Waals surface area (Å²) in [5, 5.41) is 7.38. The number of nitrogens with two attached hydrogens (primary N) is 1. The lowest BCUT2D eigenvalue weighted by Crippen LogP contribution is -2.54. The molecule has 1 aliphatic carbocycles. The fourth-order valence-electron chi connectivity index (χ4n) is 6.62. The van der Waals surface area contributed by atoms with E-state index in [2.05, 4.69) is 94.6 Å². The molecule has 2 aromatic heterocycles. The molecular weight excluding hydrogens is 562 g/mol. The number of nitrogens with one attached hydrogen (secondary N) is 1. The largest absolute Gasteiger partial charge is 0.383 e. The van der Waals surface area contributed by atoms with Gasteiger partial charge in [0, 0.05) is 62.3 Å². The molecule has 4 atom stereocenters. The third-order valence-corrected chi connectivity index (χ3v) is 9.52. The van der Waals surface area contributed by atoms with E-state index in [0.717, 1.165) is 55.6 Å². The molecule has 3 heterocycles. The molecule has 3 N–H and O–H groups in total. The van der Waals surface area contributed by atoms with E-state index in [1.54, 1.807) is 23.1 Å². The summed E-state index contributed by atoms with van der Waals surface area (Å²) < 4.78 is 8.05. The Labute approximate surface area is 266 Å². The molecule has 0 spiro atoms. The van der Waals surface area contributed by atoms with Crippen molar-refractivity contribution in [3.63, 3.8) is 0 Å². The molecule has 1 amide bonds. The van der Waals surface area contributed by atoms with Crippen molar-refractivity contribution in [3.05, 3.63) is 89.9 Å². The zero-order valence-corrected chi connectivity index (χ0v) is 26.8. The number of ether oxygens (including phenoxy) is 1. The van der Waals surface area contributed by atoms with Crippen molar-refractivity contribution in [1.29, 1.82) is 0 Å². The Hall–Kier alpha value is -4.05. The van der Waals surface area contributed by atoms with E-state index in [1.807, 2.05) is 13.2 Å². The number of anilines is 1. The summed E-state index contributed by atoms with van der Waals surface area (Å²) in [6, 6.07) is 20.4. The number of benzene rings is 2. The third-order valence-electron chi connectivity index (χ3n) is 9.52. The van der Waals surface area contributed by atoms with Gasteiger partial charge >= 0.3 is 0 Å². The van der Waals surface area contributed by atoms with E-state index in [-0.39, 0.29) is 23.9 Å². The fraction of sp³-hybridized carbons (Fsp3) is 0.417. The van der Waals surface area contributed by atoms with E-state index in [4.69, 9.17) is 10.5 Å². The van der Waals surface area contributed by atoms with Crippen LogP contribution in [-0.2, 0) is 24.9 Å². The molecule has 9 nitrogen and oxygen atoms in total. The second kappa shape index (κ2) is 13.5. The Morgan fingerprint density at radius 3 is 2.22 bits per heavy atom. The molecule has 1 saturated carbocycles. The van der Waals surface area contributed by atoms with Crippen LogP contribution < -0.4 is 11.1 Å². The van der Waals surface area contributed by atoms with Crippen molar-refractivity contribution in [2.24, 2.45) is 7.05 Å². The number of rotatable bonds is 9. The van der Waals surface area contributed by atoms with E-state index < -0.39 is 0 Å². The van der Waals surface area contributed by atoms with Gasteiger partial charge in [-0.05, 0) is 68.5 Å². The van der Waals surface area contributed by atoms with Crippen LogP contribution >= 0.6 is 0 Å². The SMILES string of the molecule is CC1CN(Cc2ccc(-c3ccc(CO[C@H]4CCCC4NC(=O)c4cc(-c5cnn(C)c5)cnc4N)cc3)cc2)CC(C)N1C. The van der Waals surface area contributed by atoms with Crippen LogP contribution in [-0.4, -0.2) is 74.8 Å². The van der Waals surface area contributed by atoms with Crippen LogP contribution in [0.5, 0.6) is 0 Å². The molecule has 6 rings (SSSR count). The maximum absolute atomic E-state index is 13.2. The fourth-order valence-corrected chi connectivity index (χ4v) is 6.62. The van der Waals surface area contributed by atoms with E-state index in [0.29, 0.717) is 24.3 Å². The van der Waals surface area contributed by atoms with Gasteiger partial charge in [0.25, 0.3) is 5.91 Å². The van der Waals surface area contributed by atoms with Gasteiger partial charge in [0.1, 0.15) is 5.82 Å². The molecule has 4 aromatic rings. The molecule has 1 aliphatic heterocycles. The molecule has 0 bridgehead atoms. The van der Waals surface area contributed by atoms with Gasteiger partial charge in [0.2, 0.25) is 0 Å². The molecule has 2 aromatic carbocycles. The summed E-state index contributed by atoms with van der Waals surface area (Å²) in [4.78, 5) is 22.5. The van der Waals surface area contributed by atoms with Gasteiger partial charge in [-0.25, -0.2) is 4.98 Å². The second-order valence-electron chi connectivity index (χ2n) is 12.9. The molecule has 2 aliphatic rings. The zero-order valence-electron chi connectivity index (χ0n) is 26.8. The molecule has 236 valence electrons. The lowest BCUT2D eigenvalue weighted by molar-refractivity contribution is 0.0272. The quantitative estimate of drug-likeness (QED) is 0.272. The number of hydrogen-bond acceptors (Lipinski definition) is 7. The Kier molecular flexibility index (Phi) is 9.30. The van der Waals surface area contributed by atoms with Crippen LogP contribution in [0, 0.1) is 0 Å². The number of piperazine rings is 1. The van der Waals surface area contributed by atoms with Crippen molar-refractivity contribution >= 4 is 11.7 Å². The van der Waals surface area contributed by atoms with Crippen LogP contribution in [0.3, 0.4) is 0 Å². The molecule has 9 heteroatoms. The standard InChI is InChI=1S/C36H45N7O2/c1-24-19-43(20-25(2)42(24)4)21-26-8-12-28(13-9-26)29-14-10-27(11-15-29)23-45-34-7-5-6-33(34)40-36(44)32-16-30(17-38-35(32)37)31-18-39-41(3)22-31/h8-18,22,24-25,33-34H,5-7,19-21,23H2,1-4H3,(H2,37,38)(H,40,44)/t24?,25?,33?,34-/m0/s1. The Balaban J connectivity index is 1.02. The minimum absolute atomic E-state index is 0.0526. The highest BCUT2D eigenvalue weighted by Gasteiger charge is 2.30. The number of amides is 1. The van der Waals surface area contributed by atoms with Gasteiger partial charge in [-0.15, -0.1) is 0 Å². The number of nitrogens with zero attached hydrogens (tertiary/aromatic N) is 5. The Bertz CT molecular complexity index is 1590. The van der Waals surface area contributed by atoms with Gasteiger partial charge < -0.3 is 15.8 Å². The minimum atomic E-state index is -0.228. The van der Waals surface area contributed by atoms with Crippen LogP contribution in [0.15, 0.2) is 73.2 Å². The number of carbonyl (C=O) groups is 1. The number of likely N-dealkylation sites (N-methyl/N-ethyl adjacent to an activating group) is 1. The molecule has 0 radical (unpaired) electrons. The molecule has 2 fully saturated rings. The second-order valence-corrected chi connectivity index (χ2v) is 12.9. The lowest BCUT2D eigenvalue weighted by atomic mass is 10.0. The average molecular weight is 608 g/mol. The monoisotopic (exact) mass is 607 g/mol. The number of carbonyl (C=O) groups excluding carboxylic acids is 1. The highest BCUT2D eigenvalue weighted by atomic mass is 16.5. The highest BCUT2D eigenvalue weighted by molar-refractivity contribution is 5.99. The number of pyridine rings is 1. The van der Waals surface area contributed by atoms with Crippen LogP contribution in [0.1, 0.15) is 54.6 Å². The highest BCUT2D eigenvalue weighted by Crippen LogP contribution is 2.27. The molecule has 3 unspecified atom stereocenters. The van der Waals surface area contributed by atoms with Crippen molar-refractivity contribution in [3.8, 4) is 22.3 Å². The average Bonchev–Trinajstić information content (AvgIpc) is 3.68. The molecule has 45 heavy (non-hydrogen) atoms. The summed E-state index contributed by atoms with van der Waals surface area (Å²) in [5.74, 6) is -0.0149. The summed E-state index contributed by atoms with van der Waals surface area (Å²) in [5.41, 5.74) is 13.0. The zero-order chi connectivity index (χ0) is 31.5. The van der Waals surface area contributed by atoms with Crippen molar-refractivity contribution in [2.75, 3.05) is 25.9 Å². The first-order valence-electron chi connectivity index (χ1n) is 16.0. The maximum atomic E-state index is 13.2. The van der Waals surface area contributed by atoms with E-state index >= 15 is 0 Å². The van der Waals surface area contributed by atoms with Crippen molar-refractivity contribution in [2.45, 2.75) is 70.5 Å². The van der Waals surface area contributed by atoms with Gasteiger partial charge in [0.15, 0.2) is 0 Å². The lowest BCUT2D eigenvalue weighted by Gasteiger charge is -2.42. The first kappa shape index (κ1) is 31.0. The van der Waals surface area contributed by atoms with Crippen molar-refractivity contribution in [1.82, 2.24) is 29.9 Å². The Morgan fingerprint density at radius 2 is 1.58 bits per heavy atom.